The van der Waals surface area contributed by atoms with Gasteiger partial charge in [-0.05, 0) is 18.4 Å². The van der Waals surface area contributed by atoms with E-state index in [2.05, 4.69) is 5.32 Å². The maximum atomic E-state index is 11.6. The van der Waals surface area contributed by atoms with Crippen molar-refractivity contribution in [3.8, 4) is 5.75 Å². The first-order valence-corrected chi connectivity index (χ1v) is 6.26. The summed E-state index contributed by atoms with van der Waals surface area (Å²) in [6.45, 7) is 2.67. The van der Waals surface area contributed by atoms with E-state index in [4.69, 9.17) is 11.6 Å². The summed E-state index contributed by atoms with van der Waals surface area (Å²) in [7, 11) is 0. The van der Waals surface area contributed by atoms with Crippen molar-refractivity contribution in [1.82, 2.24) is 5.32 Å². The molecule has 0 saturated carbocycles. The van der Waals surface area contributed by atoms with Gasteiger partial charge in [0.05, 0.1) is 6.42 Å². The molecule has 1 atom stereocenters. The van der Waals surface area contributed by atoms with Gasteiger partial charge in [0.2, 0.25) is 5.91 Å². The molecule has 0 bridgehead atoms. The first-order valence-electron chi connectivity index (χ1n) is 5.73. The monoisotopic (exact) mass is 255 g/mol. The van der Waals surface area contributed by atoms with Crippen molar-refractivity contribution < 1.29 is 9.90 Å². The smallest absolute Gasteiger partial charge is 0.224 e. The lowest BCUT2D eigenvalue weighted by Crippen LogP contribution is -2.29. The number of halogens is 1. The molecule has 1 amide bonds. The molecule has 0 aliphatic rings. The molecule has 1 unspecified atom stereocenters. The minimum atomic E-state index is -0.0760. The molecule has 4 heteroatoms. The van der Waals surface area contributed by atoms with Crippen LogP contribution >= 0.6 is 11.6 Å². The van der Waals surface area contributed by atoms with Crippen LogP contribution in [-0.2, 0) is 11.2 Å². The zero-order valence-electron chi connectivity index (χ0n) is 9.95. The molecule has 0 aliphatic heterocycles. The standard InChI is InChI=1S/C13H18ClNO2/c1-10(6-7-14)9-15-13(17)8-11-4-2-3-5-12(11)16/h2-5,10,16H,6-9H2,1H3,(H,15,17). The summed E-state index contributed by atoms with van der Waals surface area (Å²) in [4.78, 5) is 11.6. The number of carbonyl (C=O) groups excluding carboxylic acids is 1. The second kappa shape index (κ2) is 7.17. The van der Waals surface area contributed by atoms with Gasteiger partial charge in [-0.2, -0.15) is 0 Å². The van der Waals surface area contributed by atoms with Crippen molar-refractivity contribution in [3.63, 3.8) is 0 Å². The zero-order chi connectivity index (χ0) is 12.7. The third-order valence-electron chi connectivity index (χ3n) is 2.59. The summed E-state index contributed by atoms with van der Waals surface area (Å²) in [5.74, 6) is 1.07. The van der Waals surface area contributed by atoms with Crippen LogP contribution < -0.4 is 5.32 Å². The molecule has 0 saturated heterocycles. The predicted octanol–water partition coefficient (Wildman–Crippen LogP) is 2.32. The summed E-state index contributed by atoms with van der Waals surface area (Å²) in [5, 5.41) is 12.4. The Morgan fingerprint density at radius 1 is 1.47 bits per heavy atom. The number of hydrogen-bond acceptors (Lipinski definition) is 2. The van der Waals surface area contributed by atoms with Crippen LogP contribution in [-0.4, -0.2) is 23.4 Å². The number of phenols is 1. The van der Waals surface area contributed by atoms with E-state index in [1.807, 2.05) is 6.92 Å². The van der Waals surface area contributed by atoms with Crippen LogP contribution in [0.15, 0.2) is 24.3 Å². The molecule has 0 aliphatic carbocycles. The van der Waals surface area contributed by atoms with Gasteiger partial charge in [-0.15, -0.1) is 11.6 Å². The number of phenolic OH excluding ortho intramolecular Hbond substituents is 1. The number of rotatable bonds is 6. The molecule has 0 spiro atoms. The molecule has 17 heavy (non-hydrogen) atoms. The van der Waals surface area contributed by atoms with Crippen LogP contribution in [0.25, 0.3) is 0 Å². The predicted molar refractivity (Wildman–Crippen MR) is 69.3 cm³/mol. The van der Waals surface area contributed by atoms with Crippen LogP contribution in [0, 0.1) is 5.92 Å². The van der Waals surface area contributed by atoms with Crippen LogP contribution in [0.4, 0.5) is 0 Å². The topological polar surface area (TPSA) is 49.3 Å². The Morgan fingerprint density at radius 3 is 2.82 bits per heavy atom. The first kappa shape index (κ1) is 13.8. The molecular formula is C13H18ClNO2. The number of amides is 1. The maximum Gasteiger partial charge on any atom is 0.224 e. The summed E-state index contributed by atoms with van der Waals surface area (Å²) < 4.78 is 0. The SMILES string of the molecule is CC(CCCl)CNC(=O)Cc1ccccc1O. The molecule has 3 nitrogen and oxygen atoms in total. The Balaban J connectivity index is 2.37. The number of aromatic hydroxyl groups is 1. The Bertz CT molecular complexity index is 368. The average molecular weight is 256 g/mol. The largest absolute Gasteiger partial charge is 0.508 e. The average Bonchev–Trinajstić information content (AvgIpc) is 2.30. The maximum absolute atomic E-state index is 11.6. The van der Waals surface area contributed by atoms with Crippen molar-refractivity contribution in [3.05, 3.63) is 29.8 Å². The van der Waals surface area contributed by atoms with Crippen molar-refractivity contribution in [2.75, 3.05) is 12.4 Å². The molecule has 94 valence electrons. The highest BCUT2D eigenvalue weighted by molar-refractivity contribution is 6.17. The molecule has 1 aromatic rings. The molecule has 0 aromatic heterocycles. The van der Waals surface area contributed by atoms with E-state index in [1.165, 1.54) is 0 Å². The molecular weight excluding hydrogens is 238 g/mol. The third kappa shape index (κ3) is 5.09. The Kier molecular flexibility index (Phi) is 5.84. The Hall–Kier alpha value is -1.22. The fourth-order valence-corrected chi connectivity index (χ4v) is 1.84. The number of para-hydroxylation sites is 1. The highest BCUT2D eigenvalue weighted by atomic mass is 35.5. The molecule has 0 heterocycles. The number of carbonyl (C=O) groups is 1. The van der Waals surface area contributed by atoms with Gasteiger partial charge in [-0.25, -0.2) is 0 Å². The van der Waals surface area contributed by atoms with Crippen molar-refractivity contribution in [2.45, 2.75) is 19.8 Å². The van der Waals surface area contributed by atoms with Crippen LogP contribution in [0.3, 0.4) is 0 Å². The number of benzene rings is 1. The minimum absolute atomic E-state index is 0.0760. The van der Waals surface area contributed by atoms with Gasteiger partial charge in [0, 0.05) is 18.0 Å². The Labute approximate surface area is 107 Å². The van der Waals surface area contributed by atoms with Crippen LogP contribution in [0.1, 0.15) is 18.9 Å². The lowest BCUT2D eigenvalue weighted by atomic mass is 10.1. The van der Waals surface area contributed by atoms with Crippen LogP contribution in [0.5, 0.6) is 5.75 Å². The summed E-state index contributed by atoms with van der Waals surface area (Å²) in [5.41, 5.74) is 0.648. The second-order valence-electron chi connectivity index (χ2n) is 4.19. The number of alkyl halides is 1. The molecule has 1 rings (SSSR count). The van der Waals surface area contributed by atoms with Crippen LogP contribution in [0.2, 0.25) is 0 Å². The summed E-state index contributed by atoms with van der Waals surface area (Å²) in [6, 6.07) is 6.87. The van der Waals surface area contributed by atoms with Gasteiger partial charge in [-0.1, -0.05) is 25.1 Å². The highest BCUT2D eigenvalue weighted by Crippen LogP contribution is 2.15. The van der Waals surface area contributed by atoms with Gasteiger partial charge in [0.1, 0.15) is 5.75 Å². The lowest BCUT2D eigenvalue weighted by molar-refractivity contribution is -0.120. The van der Waals surface area contributed by atoms with Gasteiger partial charge < -0.3 is 10.4 Å². The highest BCUT2D eigenvalue weighted by Gasteiger charge is 2.08. The third-order valence-corrected chi connectivity index (χ3v) is 2.81. The van der Waals surface area contributed by atoms with Gasteiger partial charge >= 0.3 is 0 Å². The number of hydrogen-bond donors (Lipinski definition) is 2. The van der Waals surface area contributed by atoms with E-state index in [0.29, 0.717) is 23.9 Å². The number of nitrogens with one attached hydrogen (secondary N) is 1. The Morgan fingerprint density at radius 2 is 2.18 bits per heavy atom. The van der Waals surface area contributed by atoms with E-state index in [-0.39, 0.29) is 18.1 Å². The fraction of sp³-hybridized carbons (Fsp3) is 0.462. The van der Waals surface area contributed by atoms with E-state index < -0.39 is 0 Å². The quantitative estimate of drug-likeness (QED) is 0.767. The molecule has 1 aromatic carbocycles. The van der Waals surface area contributed by atoms with Crippen molar-refractivity contribution in [2.24, 2.45) is 5.92 Å². The second-order valence-corrected chi connectivity index (χ2v) is 4.57. The first-order chi connectivity index (χ1) is 8.13. The molecule has 0 fully saturated rings. The summed E-state index contributed by atoms with van der Waals surface area (Å²) in [6.07, 6.45) is 1.10. The zero-order valence-corrected chi connectivity index (χ0v) is 10.7. The van der Waals surface area contributed by atoms with Crippen molar-refractivity contribution in [1.29, 1.82) is 0 Å². The van der Waals surface area contributed by atoms with E-state index in [0.717, 1.165) is 6.42 Å². The van der Waals surface area contributed by atoms with Gasteiger partial charge in [-0.3, -0.25) is 4.79 Å². The van der Waals surface area contributed by atoms with E-state index in [1.54, 1.807) is 24.3 Å². The van der Waals surface area contributed by atoms with Gasteiger partial charge in [0.25, 0.3) is 0 Å². The minimum Gasteiger partial charge on any atom is -0.508 e. The van der Waals surface area contributed by atoms with Gasteiger partial charge in [0.15, 0.2) is 0 Å². The fourth-order valence-electron chi connectivity index (χ4n) is 1.47. The molecule has 0 radical (unpaired) electrons. The lowest BCUT2D eigenvalue weighted by Gasteiger charge is -2.11. The molecule has 2 N–H and O–H groups in total. The van der Waals surface area contributed by atoms with E-state index in [9.17, 15) is 9.90 Å². The van der Waals surface area contributed by atoms with Crippen molar-refractivity contribution >= 4 is 17.5 Å². The normalized spacial score (nSPS) is 12.1. The van der Waals surface area contributed by atoms with E-state index >= 15 is 0 Å². The summed E-state index contributed by atoms with van der Waals surface area (Å²) >= 11 is 5.62.